The van der Waals surface area contributed by atoms with Crippen molar-refractivity contribution in [2.24, 2.45) is 5.92 Å². The van der Waals surface area contributed by atoms with Gasteiger partial charge in [-0.2, -0.15) is 0 Å². The maximum Gasteiger partial charge on any atom is 0.209 e. The molecule has 164 valence electrons. The zero-order valence-corrected chi connectivity index (χ0v) is 18.5. The first kappa shape index (κ1) is 21.6. The van der Waals surface area contributed by atoms with Crippen molar-refractivity contribution in [2.75, 3.05) is 26.2 Å². The highest BCUT2D eigenvalue weighted by Gasteiger charge is 2.34. The maximum absolute atomic E-state index is 13.3. The summed E-state index contributed by atoms with van der Waals surface area (Å²) in [6.45, 7) is 10.7. The Morgan fingerprint density at radius 2 is 1.65 bits per heavy atom. The highest BCUT2D eigenvalue weighted by atomic mass is 19.1. The molecule has 1 atom stereocenters. The molecule has 0 unspecified atom stereocenters. The normalized spacial score (nSPS) is 20.1. The van der Waals surface area contributed by atoms with Gasteiger partial charge in [0.15, 0.2) is 6.04 Å². The summed E-state index contributed by atoms with van der Waals surface area (Å²) in [5.74, 6) is 1.28. The molecule has 0 saturated carbocycles. The number of rotatable bonds is 8. The Bertz CT molecular complexity index is 932. The Labute approximate surface area is 183 Å². The van der Waals surface area contributed by atoms with Crippen molar-refractivity contribution in [1.82, 2.24) is 20.2 Å². The van der Waals surface area contributed by atoms with Crippen LogP contribution in [0.4, 0.5) is 4.39 Å². The number of hydrogen-bond acceptors (Lipinski definition) is 3. The molecule has 2 aromatic carbocycles. The van der Waals surface area contributed by atoms with Gasteiger partial charge in [-0.1, -0.05) is 56.3 Å². The smallest absolute Gasteiger partial charge is 0.209 e. The molecule has 6 nitrogen and oxygen atoms in total. The Hall–Kier alpha value is -2.64. The SMILES string of the molecule is CC(C)C[C@@H](c1nnnn1Cc1ccc(F)cc1)[NH+]1CC[NH+](Cc2ccccc2)CC1. The van der Waals surface area contributed by atoms with E-state index in [0.717, 1.165) is 50.5 Å². The van der Waals surface area contributed by atoms with Gasteiger partial charge in [-0.15, -0.1) is 5.10 Å². The molecule has 0 bridgehead atoms. The van der Waals surface area contributed by atoms with Crippen LogP contribution in [0.2, 0.25) is 0 Å². The van der Waals surface area contributed by atoms with Crippen molar-refractivity contribution >= 4 is 0 Å². The summed E-state index contributed by atoms with van der Waals surface area (Å²) in [5.41, 5.74) is 2.41. The monoisotopic (exact) mass is 424 g/mol. The Kier molecular flexibility index (Phi) is 7.04. The van der Waals surface area contributed by atoms with Gasteiger partial charge in [-0.25, -0.2) is 9.07 Å². The third kappa shape index (κ3) is 5.74. The molecule has 3 aromatic rings. The third-order valence-electron chi connectivity index (χ3n) is 6.21. The summed E-state index contributed by atoms with van der Waals surface area (Å²) in [6, 6.07) is 17.6. The summed E-state index contributed by atoms with van der Waals surface area (Å²) >= 11 is 0. The molecule has 1 aromatic heterocycles. The quantitative estimate of drug-likeness (QED) is 0.566. The fraction of sp³-hybridized carbons (Fsp3) is 0.458. The minimum absolute atomic E-state index is 0.223. The average molecular weight is 425 g/mol. The van der Waals surface area contributed by atoms with E-state index >= 15 is 0 Å². The number of hydrogen-bond donors (Lipinski definition) is 2. The molecule has 31 heavy (non-hydrogen) atoms. The zero-order valence-electron chi connectivity index (χ0n) is 18.5. The van der Waals surface area contributed by atoms with Crippen molar-refractivity contribution in [3.8, 4) is 0 Å². The highest BCUT2D eigenvalue weighted by Crippen LogP contribution is 2.17. The van der Waals surface area contributed by atoms with Gasteiger partial charge in [-0.05, 0) is 34.0 Å². The molecule has 0 aliphatic carbocycles. The molecule has 0 radical (unpaired) electrons. The summed E-state index contributed by atoms with van der Waals surface area (Å²) in [7, 11) is 0. The molecule has 1 aliphatic heterocycles. The fourth-order valence-electron chi connectivity index (χ4n) is 4.60. The number of aromatic nitrogens is 4. The summed E-state index contributed by atoms with van der Waals surface area (Å²) in [6.07, 6.45) is 1.05. The highest BCUT2D eigenvalue weighted by molar-refractivity contribution is 5.16. The van der Waals surface area contributed by atoms with Crippen LogP contribution in [-0.4, -0.2) is 46.4 Å². The van der Waals surface area contributed by atoms with E-state index in [1.54, 1.807) is 21.9 Å². The van der Waals surface area contributed by atoms with E-state index in [2.05, 4.69) is 59.7 Å². The molecule has 7 heteroatoms. The third-order valence-corrected chi connectivity index (χ3v) is 6.21. The van der Waals surface area contributed by atoms with Crippen LogP contribution in [0.1, 0.15) is 43.3 Å². The van der Waals surface area contributed by atoms with E-state index < -0.39 is 0 Å². The van der Waals surface area contributed by atoms with Crippen molar-refractivity contribution in [1.29, 1.82) is 0 Å². The molecule has 0 spiro atoms. The predicted molar refractivity (Wildman–Crippen MR) is 117 cm³/mol. The lowest BCUT2D eigenvalue weighted by Crippen LogP contribution is -3.27. The number of halogens is 1. The number of benzene rings is 2. The molecule has 1 saturated heterocycles. The van der Waals surface area contributed by atoms with Gasteiger partial charge in [0.2, 0.25) is 5.82 Å². The standard InChI is InChI=1S/C24H31FN6/c1-19(2)16-23(24-26-27-28-31(24)18-21-8-10-22(25)11-9-21)30-14-12-29(13-15-30)17-20-6-4-3-5-7-20/h3-11,19,23H,12-18H2,1-2H3/p+2/t23-/m0/s1. The largest absolute Gasteiger partial charge is 0.322 e. The minimum Gasteiger partial charge on any atom is -0.322 e. The van der Waals surface area contributed by atoms with Crippen LogP contribution in [0.3, 0.4) is 0 Å². The van der Waals surface area contributed by atoms with Crippen LogP contribution < -0.4 is 9.80 Å². The summed E-state index contributed by atoms with van der Waals surface area (Å²) < 4.78 is 15.2. The number of nitrogens with one attached hydrogen (secondary N) is 2. The fourth-order valence-corrected chi connectivity index (χ4v) is 4.60. The second-order valence-electron chi connectivity index (χ2n) is 9.07. The number of quaternary nitrogens is 2. The Morgan fingerprint density at radius 3 is 2.32 bits per heavy atom. The van der Waals surface area contributed by atoms with Gasteiger partial charge in [0, 0.05) is 12.0 Å². The van der Waals surface area contributed by atoms with E-state index in [4.69, 9.17) is 0 Å². The number of tetrazole rings is 1. The molecule has 1 aliphatic rings. The minimum atomic E-state index is -0.223. The predicted octanol–water partition coefficient (Wildman–Crippen LogP) is 0.931. The van der Waals surface area contributed by atoms with Crippen molar-refractivity contribution in [2.45, 2.75) is 39.4 Å². The van der Waals surface area contributed by atoms with E-state index in [9.17, 15) is 4.39 Å². The van der Waals surface area contributed by atoms with Crippen LogP contribution >= 0.6 is 0 Å². The molecular formula is C24H33FN6+2. The van der Waals surface area contributed by atoms with Crippen LogP contribution in [0.15, 0.2) is 54.6 Å². The Morgan fingerprint density at radius 1 is 0.935 bits per heavy atom. The first-order valence-corrected chi connectivity index (χ1v) is 11.3. The second-order valence-corrected chi connectivity index (χ2v) is 9.07. The van der Waals surface area contributed by atoms with Gasteiger partial charge in [0.1, 0.15) is 38.5 Å². The molecule has 0 amide bonds. The number of piperazine rings is 1. The van der Waals surface area contributed by atoms with E-state index in [-0.39, 0.29) is 11.9 Å². The van der Waals surface area contributed by atoms with Gasteiger partial charge >= 0.3 is 0 Å². The van der Waals surface area contributed by atoms with Gasteiger partial charge in [-0.3, -0.25) is 0 Å². The van der Waals surface area contributed by atoms with E-state index in [0.29, 0.717) is 12.5 Å². The van der Waals surface area contributed by atoms with Crippen LogP contribution in [0, 0.1) is 11.7 Å². The van der Waals surface area contributed by atoms with Crippen LogP contribution in [-0.2, 0) is 13.1 Å². The molecule has 2 N–H and O–H groups in total. The van der Waals surface area contributed by atoms with Crippen molar-refractivity contribution in [3.05, 3.63) is 77.4 Å². The lowest BCUT2D eigenvalue weighted by molar-refractivity contribution is -1.03. The lowest BCUT2D eigenvalue weighted by atomic mass is 10.0. The van der Waals surface area contributed by atoms with E-state index in [1.807, 2.05) is 4.68 Å². The molecule has 2 heterocycles. The van der Waals surface area contributed by atoms with Crippen molar-refractivity contribution < 1.29 is 14.2 Å². The second kappa shape index (κ2) is 10.1. The lowest BCUT2D eigenvalue weighted by Gasteiger charge is -2.34. The topological polar surface area (TPSA) is 52.5 Å². The summed E-state index contributed by atoms with van der Waals surface area (Å²) in [4.78, 5) is 3.21. The zero-order chi connectivity index (χ0) is 21.6. The van der Waals surface area contributed by atoms with Crippen LogP contribution in [0.25, 0.3) is 0 Å². The molecular weight excluding hydrogens is 391 g/mol. The van der Waals surface area contributed by atoms with Crippen LogP contribution in [0.5, 0.6) is 0 Å². The van der Waals surface area contributed by atoms with Crippen molar-refractivity contribution in [3.63, 3.8) is 0 Å². The van der Waals surface area contributed by atoms with Gasteiger partial charge in [0.25, 0.3) is 0 Å². The molecule has 1 fully saturated rings. The first-order chi connectivity index (χ1) is 15.1. The summed E-state index contributed by atoms with van der Waals surface area (Å²) in [5, 5.41) is 12.7. The Balaban J connectivity index is 1.45. The molecule has 4 rings (SSSR count). The average Bonchev–Trinajstić information content (AvgIpc) is 3.23. The van der Waals surface area contributed by atoms with Gasteiger partial charge < -0.3 is 9.80 Å². The maximum atomic E-state index is 13.3. The first-order valence-electron chi connectivity index (χ1n) is 11.3. The van der Waals surface area contributed by atoms with E-state index in [1.165, 1.54) is 17.7 Å². The van der Waals surface area contributed by atoms with Gasteiger partial charge in [0.05, 0.1) is 6.54 Å². The number of nitrogens with zero attached hydrogens (tertiary/aromatic N) is 4.